The molecule has 0 unspecified atom stereocenters. The summed E-state index contributed by atoms with van der Waals surface area (Å²) in [4.78, 5) is 17.1. The molecule has 0 spiro atoms. The summed E-state index contributed by atoms with van der Waals surface area (Å²) < 4.78 is 1.49. The van der Waals surface area contributed by atoms with Gasteiger partial charge in [0.15, 0.2) is 0 Å². The van der Waals surface area contributed by atoms with Gasteiger partial charge in [-0.25, -0.2) is 4.98 Å². The molecule has 0 bridgehead atoms. The van der Waals surface area contributed by atoms with Gasteiger partial charge in [-0.15, -0.1) is 11.6 Å². The summed E-state index contributed by atoms with van der Waals surface area (Å²) in [5, 5.41) is 1.61. The first-order valence-electron chi connectivity index (χ1n) is 6.13. The molecule has 6 heteroatoms. The summed E-state index contributed by atoms with van der Waals surface area (Å²) in [6.45, 7) is 0. The Balaban J connectivity index is 2.36. The van der Waals surface area contributed by atoms with E-state index in [4.69, 9.17) is 34.8 Å². The topological polar surface area (TPSA) is 34.9 Å². The lowest BCUT2D eigenvalue weighted by atomic mass is 10.2. The molecule has 3 nitrogen and oxygen atoms in total. The Morgan fingerprint density at radius 2 is 1.67 bits per heavy atom. The monoisotopic (exact) mass is 338 g/mol. The number of hydrogen-bond acceptors (Lipinski definition) is 2. The molecule has 0 amide bonds. The number of fused-ring (bicyclic) bond motifs is 1. The molecule has 0 saturated carbocycles. The Kier molecular flexibility index (Phi) is 3.89. The first-order valence-corrected chi connectivity index (χ1v) is 7.42. The van der Waals surface area contributed by atoms with Crippen LogP contribution in [0.1, 0.15) is 5.82 Å². The average Bonchev–Trinajstić information content (AvgIpc) is 2.48. The first kappa shape index (κ1) is 14.4. The minimum absolute atomic E-state index is 0.111. The van der Waals surface area contributed by atoms with E-state index in [1.54, 1.807) is 42.5 Å². The molecule has 0 saturated heterocycles. The first-order chi connectivity index (χ1) is 10.1. The van der Waals surface area contributed by atoms with Crippen molar-refractivity contribution in [3.63, 3.8) is 0 Å². The second-order valence-corrected chi connectivity index (χ2v) is 5.58. The van der Waals surface area contributed by atoms with E-state index >= 15 is 0 Å². The third kappa shape index (κ3) is 2.64. The van der Waals surface area contributed by atoms with Crippen LogP contribution in [-0.2, 0) is 5.88 Å². The Hall–Kier alpha value is -1.55. The van der Waals surface area contributed by atoms with Crippen LogP contribution < -0.4 is 5.56 Å². The number of nitrogens with zero attached hydrogens (tertiary/aromatic N) is 2. The van der Waals surface area contributed by atoms with Gasteiger partial charge in [0.1, 0.15) is 5.82 Å². The Morgan fingerprint density at radius 1 is 1.00 bits per heavy atom. The van der Waals surface area contributed by atoms with Crippen LogP contribution in [0.15, 0.2) is 47.3 Å². The Morgan fingerprint density at radius 3 is 2.33 bits per heavy atom. The smallest absolute Gasteiger partial charge is 0.266 e. The van der Waals surface area contributed by atoms with Crippen molar-refractivity contribution >= 4 is 45.7 Å². The van der Waals surface area contributed by atoms with Crippen molar-refractivity contribution in [3.05, 3.63) is 68.7 Å². The quantitative estimate of drug-likeness (QED) is 0.647. The lowest BCUT2D eigenvalue weighted by molar-refractivity contribution is 0.881. The summed E-state index contributed by atoms with van der Waals surface area (Å²) in [5.41, 5.74) is 1.02. The molecule has 0 aliphatic carbocycles. The van der Waals surface area contributed by atoms with E-state index in [-0.39, 0.29) is 11.4 Å². The van der Waals surface area contributed by atoms with Crippen molar-refractivity contribution in [1.29, 1.82) is 0 Å². The number of hydrogen-bond donors (Lipinski definition) is 0. The molecule has 0 radical (unpaired) electrons. The summed E-state index contributed by atoms with van der Waals surface area (Å²) in [6, 6.07) is 11.9. The van der Waals surface area contributed by atoms with Gasteiger partial charge in [0.2, 0.25) is 0 Å². The summed E-state index contributed by atoms with van der Waals surface area (Å²) in [6.07, 6.45) is 0. The van der Waals surface area contributed by atoms with Crippen molar-refractivity contribution in [2.24, 2.45) is 0 Å². The maximum absolute atomic E-state index is 12.7. The second-order valence-electron chi connectivity index (χ2n) is 4.44. The van der Waals surface area contributed by atoms with E-state index in [0.717, 1.165) is 0 Å². The van der Waals surface area contributed by atoms with Crippen LogP contribution in [0.5, 0.6) is 0 Å². The lowest BCUT2D eigenvalue weighted by Gasteiger charge is -2.12. The third-order valence-electron chi connectivity index (χ3n) is 3.11. The normalized spacial score (nSPS) is 11.0. The minimum Gasteiger partial charge on any atom is -0.268 e. The molecule has 3 rings (SSSR count). The minimum atomic E-state index is -0.186. The van der Waals surface area contributed by atoms with Gasteiger partial charge in [-0.1, -0.05) is 23.2 Å². The molecule has 3 aromatic rings. The van der Waals surface area contributed by atoms with Crippen LogP contribution >= 0.6 is 34.8 Å². The zero-order valence-electron chi connectivity index (χ0n) is 10.7. The number of rotatable bonds is 2. The van der Waals surface area contributed by atoms with E-state index in [1.165, 1.54) is 4.57 Å². The van der Waals surface area contributed by atoms with Gasteiger partial charge < -0.3 is 0 Å². The molecule has 0 aliphatic rings. The number of benzene rings is 2. The molecule has 21 heavy (non-hydrogen) atoms. The Bertz CT molecular complexity index is 872. The van der Waals surface area contributed by atoms with Gasteiger partial charge in [0.05, 0.1) is 22.5 Å². The maximum atomic E-state index is 12.7. The fourth-order valence-electron chi connectivity index (χ4n) is 2.15. The highest BCUT2D eigenvalue weighted by Crippen LogP contribution is 2.19. The predicted octanol–water partition coefficient (Wildman–Crippen LogP) is 4.43. The molecular formula is C15H9Cl3N2O. The summed E-state index contributed by atoms with van der Waals surface area (Å²) >= 11 is 17.8. The van der Waals surface area contributed by atoms with Crippen LogP contribution in [-0.4, -0.2) is 9.55 Å². The molecule has 0 N–H and O–H groups in total. The van der Waals surface area contributed by atoms with Gasteiger partial charge in [0.25, 0.3) is 5.56 Å². The van der Waals surface area contributed by atoms with E-state index in [9.17, 15) is 4.79 Å². The van der Waals surface area contributed by atoms with Crippen LogP contribution in [0.3, 0.4) is 0 Å². The van der Waals surface area contributed by atoms with Gasteiger partial charge in [0, 0.05) is 10.0 Å². The highest BCUT2D eigenvalue weighted by atomic mass is 35.5. The fraction of sp³-hybridized carbons (Fsp3) is 0.0667. The highest BCUT2D eigenvalue weighted by Gasteiger charge is 2.12. The van der Waals surface area contributed by atoms with E-state index in [1.807, 2.05) is 0 Å². The standard InChI is InChI=1S/C15H9Cl3N2O/c16-8-14-19-13-7-10(18)3-6-12(13)15(21)20(14)11-4-1-9(17)2-5-11/h1-7H,8H2. The summed E-state index contributed by atoms with van der Waals surface area (Å²) in [7, 11) is 0. The zero-order valence-corrected chi connectivity index (χ0v) is 13.0. The van der Waals surface area contributed by atoms with Crippen molar-refractivity contribution in [3.8, 4) is 5.69 Å². The van der Waals surface area contributed by atoms with Crippen LogP contribution in [0.2, 0.25) is 10.0 Å². The van der Waals surface area contributed by atoms with Crippen LogP contribution in [0, 0.1) is 0 Å². The van der Waals surface area contributed by atoms with Crippen LogP contribution in [0.4, 0.5) is 0 Å². The molecular weight excluding hydrogens is 331 g/mol. The van der Waals surface area contributed by atoms with Gasteiger partial charge >= 0.3 is 0 Å². The van der Waals surface area contributed by atoms with E-state index in [0.29, 0.717) is 32.5 Å². The van der Waals surface area contributed by atoms with Gasteiger partial charge in [-0.3, -0.25) is 9.36 Å². The second kappa shape index (κ2) is 5.68. The maximum Gasteiger partial charge on any atom is 0.266 e. The third-order valence-corrected chi connectivity index (χ3v) is 3.83. The van der Waals surface area contributed by atoms with Crippen molar-refractivity contribution in [2.75, 3.05) is 0 Å². The Labute approximate surface area is 135 Å². The predicted molar refractivity (Wildman–Crippen MR) is 86.9 cm³/mol. The molecule has 1 aromatic heterocycles. The van der Waals surface area contributed by atoms with E-state index < -0.39 is 0 Å². The van der Waals surface area contributed by atoms with Gasteiger partial charge in [-0.2, -0.15) is 0 Å². The fourth-order valence-corrected chi connectivity index (χ4v) is 2.62. The highest BCUT2D eigenvalue weighted by molar-refractivity contribution is 6.31. The van der Waals surface area contributed by atoms with Crippen molar-refractivity contribution in [1.82, 2.24) is 9.55 Å². The molecule has 2 aromatic carbocycles. The molecule has 106 valence electrons. The van der Waals surface area contributed by atoms with Gasteiger partial charge in [-0.05, 0) is 42.5 Å². The van der Waals surface area contributed by atoms with Crippen LogP contribution in [0.25, 0.3) is 16.6 Å². The van der Waals surface area contributed by atoms with E-state index in [2.05, 4.69) is 4.98 Å². The lowest BCUT2D eigenvalue weighted by Crippen LogP contribution is -2.23. The SMILES string of the molecule is O=c1c2ccc(Cl)cc2nc(CCl)n1-c1ccc(Cl)cc1. The zero-order chi connectivity index (χ0) is 15.0. The largest absolute Gasteiger partial charge is 0.268 e. The molecule has 0 aliphatic heterocycles. The molecule has 0 fully saturated rings. The average molecular weight is 340 g/mol. The number of aromatic nitrogens is 2. The molecule has 0 atom stereocenters. The number of alkyl halides is 1. The molecule has 1 heterocycles. The van der Waals surface area contributed by atoms with Crippen molar-refractivity contribution < 1.29 is 0 Å². The number of halogens is 3. The summed E-state index contributed by atoms with van der Waals surface area (Å²) in [5.74, 6) is 0.569. The van der Waals surface area contributed by atoms with Crippen molar-refractivity contribution in [2.45, 2.75) is 5.88 Å².